The molecule has 2 atom stereocenters. The molecule has 0 saturated heterocycles. The van der Waals surface area contributed by atoms with Crippen molar-refractivity contribution in [3.05, 3.63) is 108 Å². The molecule has 45 heavy (non-hydrogen) atoms. The minimum atomic E-state index is -0.936. The first-order valence-electron chi connectivity index (χ1n) is 14.6. The van der Waals surface area contributed by atoms with Crippen LogP contribution < -0.4 is 10.6 Å². The molecule has 10 nitrogen and oxygen atoms in total. The number of hydrogen-bond acceptors (Lipinski definition) is 7. The van der Waals surface area contributed by atoms with Gasteiger partial charge in [-0.15, -0.1) is 0 Å². The van der Waals surface area contributed by atoms with Gasteiger partial charge in [-0.25, -0.2) is 9.59 Å². The summed E-state index contributed by atoms with van der Waals surface area (Å²) >= 11 is 0. The Morgan fingerprint density at radius 1 is 1.04 bits per heavy atom. The van der Waals surface area contributed by atoms with Gasteiger partial charge in [0.25, 0.3) is 0 Å². The molecule has 3 aromatic carbocycles. The Hall–Kier alpha value is -5.56. The fraction of sp³-hybridized carbons (Fsp3) is 0.257. The highest BCUT2D eigenvalue weighted by atomic mass is 16.6. The molecule has 5 aromatic rings. The maximum atomic E-state index is 13.0. The van der Waals surface area contributed by atoms with E-state index in [-0.39, 0.29) is 5.56 Å². The summed E-state index contributed by atoms with van der Waals surface area (Å²) in [6, 6.07) is 23.7. The Morgan fingerprint density at radius 3 is 2.53 bits per heavy atom. The maximum Gasteiger partial charge on any atom is 0.407 e. The monoisotopic (exact) mass is 604 g/mol. The van der Waals surface area contributed by atoms with Gasteiger partial charge >= 0.3 is 12.1 Å². The lowest BCUT2D eigenvalue weighted by atomic mass is 9.98. The van der Waals surface area contributed by atoms with E-state index in [1.807, 2.05) is 77.7 Å². The fourth-order valence-corrected chi connectivity index (χ4v) is 5.14. The van der Waals surface area contributed by atoms with Crippen LogP contribution in [-0.2, 0) is 22.4 Å². The summed E-state index contributed by atoms with van der Waals surface area (Å²) in [5.41, 5.74) is 4.47. The van der Waals surface area contributed by atoms with E-state index in [4.69, 9.17) is 9.47 Å². The molecule has 230 valence electrons. The molecular weight excluding hydrogens is 568 g/mol. The van der Waals surface area contributed by atoms with Crippen LogP contribution in [0.3, 0.4) is 0 Å². The number of amides is 1. The molecule has 0 aliphatic heterocycles. The minimum absolute atomic E-state index is 0.245. The number of aromatic amines is 1. The third-order valence-electron chi connectivity index (χ3n) is 7.25. The highest BCUT2D eigenvalue weighted by molar-refractivity contribution is 5.97. The summed E-state index contributed by atoms with van der Waals surface area (Å²) in [7, 11) is 1.31. The lowest BCUT2D eigenvalue weighted by molar-refractivity contribution is 0.0501. The number of anilines is 1. The molecule has 0 bridgehead atoms. The first-order chi connectivity index (χ1) is 21.6. The quantitative estimate of drug-likeness (QED) is 0.159. The number of hydrogen-bond donors (Lipinski definition) is 3. The van der Waals surface area contributed by atoms with Crippen LogP contribution in [0.15, 0.2) is 91.4 Å². The number of benzene rings is 3. The van der Waals surface area contributed by atoms with Crippen molar-refractivity contribution in [2.24, 2.45) is 0 Å². The predicted molar refractivity (Wildman–Crippen MR) is 173 cm³/mol. The normalized spacial score (nSPS) is 12.6. The average Bonchev–Trinajstić information content (AvgIpc) is 3.66. The van der Waals surface area contributed by atoms with Gasteiger partial charge in [0, 0.05) is 34.5 Å². The number of ether oxygens (including phenoxy) is 2. The molecular formula is C35H36N6O4. The predicted octanol–water partition coefficient (Wildman–Crippen LogP) is 6.31. The summed E-state index contributed by atoms with van der Waals surface area (Å²) in [6.07, 6.45) is 5.20. The largest absolute Gasteiger partial charge is 0.465 e. The number of fused-ring (bicyclic) bond motifs is 1. The van der Waals surface area contributed by atoms with Gasteiger partial charge in [-0.05, 0) is 62.1 Å². The van der Waals surface area contributed by atoms with E-state index in [0.29, 0.717) is 18.7 Å². The van der Waals surface area contributed by atoms with Crippen molar-refractivity contribution in [3.63, 3.8) is 0 Å². The number of nitriles is 1. The smallest absolute Gasteiger partial charge is 0.407 e. The van der Waals surface area contributed by atoms with Gasteiger partial charge in [-0.1, -0.05) is 54.6 Å². The molecule has 5 rings (SSSR count). The third kappa shape index (κ3) is 7.70. The molecule has 0 spiro atoms. The third-order valence-corrected chi connectivity index (χ3v) is 7.25. The number of para-hydroxylation sites is 1. The zero-order chi connectivity index (χ0) is 32.0. The molecule has 2 heterocycles. The number of aromatic nitrogens is 3. The molecule has 3 N–H and O–H groups in total. The summed E-state index contributed by atoms with van der Waals surface area (Å²) in [5.74, 6) is -0.569. The van der Waals surface area contributed by atoms with Gasteiger partial charge < -0.3 is 25.1 Å². The molecule has 1 amide bonds. The Morgan fingerprint density at radius 2 is 1.80 bits per heavy atom. The van der Waals surface area contributed by atoms with Crippen molar-refractivity contribution < 1.29 is 19.1 Å². The van der Waals surface area contributed by atoms with Crippen LogP contribution in [0.4, 0.5) is 10.5 Å². The molecule has 1 unspecified atom stereocenters. The zero-order valence-corrected chi connectivity index (χ0v) is 25.7. The number of nitrogens with zero attached hydrogens (tertiary/aromatic N) is 3. The number of carbonyl (C=O) groups excluding carboxylic acids is 2. The number of nitrogens with one attached hydrogen (secondary N) is 3. The number of alkyl carbamates (subject to hydrolysis) is 1. The number of carbonyl (C=O) groups is 2. The van der Waals surface area contributed by atoms with Crippen LogP contribution in [0, 0.1) is 11.3 Å². The Labute approximate surface area is 262 Å². The van der Waals surface area contributed by atoms with Gasteiger partial charge in [0.15, 0.2) is 0 Å². The van der Waals surface area contributed by atoms with Gasteiger partial charge in [-0.2, -0.15) is 10.4 Å². The molecule has 0 radical (unpaired) electrons. The summed E-state index contributed by atoms with van der Waals surface area (Å²) < 4.78 is 12.5. The standard InChI is InChI=1S/C35H36N6O4/c1-35(2,3)45-34(43)40-31(17-25-19-37-29-13-9-8-12-27(25)29)32(18-36)39-30-15-14-24(16-28(30)33(42)44-4)26-20-38-41(22-26)21-23-10-6-5-7-11-23/h5-16,19-20,22,31-32,37,39H,17,21H2,1-4H3,(H,40,43)/t31-,32?/m0/s1. The van der Waals surface area contributed by atoms with Crippen LogP contribution in [0.5, 0.6) is 0 Å². The summed E-state index contributed by atoms with van der Waals surface area (Å²) in [5, 5.41) is 21.9. The lowest BCUT2D eigenvalue weighted by Crippen LogP contribution is -2.49. The van der Waals surface area contributed by atoms with Crippen LogP contribution in [0.25, 0.3) is 22.0 Å². The van der Waals surface area contributed by atoms with E-state index in [1.165, 1.54) is 7.11 Å². The maximum absolute atomic E-state index is 13.0. The van der Waals surface area contributed by atoms with Crippen LogP contribution in [-0.4, -0.2) is 51.6 Å². The van der Waals surface area contributed by atoms with Crippen LogP contribution in [0.2, 0.25) is 0 Å². The average molecular weight is 605 g/mol. The highest BCUT2D eigenvalue weighted by Crippen LogP contribution is 2.28. The van der Waals surface area contributed by atoms with Crippen molar-refractivity contribution in [2.45, 2.75) is 51.4 Å². The second-order valence-electron chi connectivity index (χ2n) is 11.7. The number of rotatable bonds is 10. The molecule has 2 aromatic heterocycles. The second-order valence-corrected chi connectivity index (χ2v) is 11.7. The van der Waals surface area contributed by atoms with Gasteiger partial charge in [0.1, 0.15) is 11.6 Å². The van der Waals surface area contributed by atoms with Crippen molar-refractivity contribution >= 4 is 28.7 Å². The van der Waals surface area contributed by atoms with Crippen LogP contribution >= 0.6 is 0 Å². The molecule has 0 fully saturated rings. The van der Waals surface area contributed by atoms with E-state index in [1.54, 1.807) is 39.1 Å². The fourth-order valence-electron chi connectivity index (χ4n) is 5.14. The van der Waals surface area contributed by atoms with E-state index in [2.05, 4.69) is 26.8 Å². The second kappa shape index (κ2) is 13.4. The van der Waals surface area contributed by atoms with Crippen molar-refractivity contribution in [3.8, 4) is 17.2 Å². The molecule has 10 heteroatoms. The van der Waals surface area contributed by atoms with E-state index in [9.17, 15) is 14.9 Å². The van der Waals surface area contributed by atoms with Crippen molar-refractivity contribution in [2.75, 3.05) is 12.4 Å². The molecule has 0 aliphatic rings. The zero-order valence-electron chi connectivity index (χ0n) is 25.7. The van der Waals surface area contributed by atoms with Crippen LogP contribution in [0.1, 0.15) is 42.3 Å². The summed E-state index contributed by atoms with van der Waals surface area (Å²) in [4.78, 5) is 29.1. The van der Waals surface area contributed by atoms with Gasteiger partial charge in [0.05, 0.1) is 37.5 Å². The van der Waals surface area contributed by atoms with Crippen molar-refractivity contribution in [1.29, 1.82) is 5.26 Å². The number of esters is 1. The topological polar surface area (TPSA) is 134 Å². The first-order valence-corrected chi connectivity index (χ1v) is 14.6. The minimum Gasteiger partial charge on any atom is -0.465 e. The SMILES string of the molecule is COC(=O)c1cc(-c2cnn(Cc3ccccc3)c2)ccc1NC(C#N)[C@H](Cc1c[nH]c2ccccc12)NC(=O)OC(C)(C)C. The summed E-state index contributed by atoms with van der Waals surface area (Å²) in [6.45, 7) is 5.93. The Kier molecular flexibility index (Phi) is 9.19. The molecule has 0 aliphatic carbocycles. The number of H-pyrrole nitrogens is 1. The van der Waals surface area contributed by atoms with E-state index < -0.39 is 29.7 Å². The van der Waals surface area contributed by atoms with Gasteiger partial charge in [-0.3, -0.25) is 4.68 Å². The van der Waals surface area contributed by atoms with Gasteiger partial charge in [0.2, 0.25) is 0 Å². The molecule has 0 saturated carbocycles. The van der Waals surface area contributed by atoms with Crippen molar-refractivity contribution in [1.82, 2.24) is 20.1 Å². The number of methoxy groups -OCH3 is 1. The van der Waals surface area contributed by atoms with E-state index in [0.717, 1.165) is 33.2 Å². The Bertz CT molecular complexity index is 1830. The highest BCUT2D eigenvalue weighted by Gasteiger charge is 2.28. The Balaban J connectivity index is 1.43. The lowest BCUT2D eigenvalue weighted by Gasteiger charge is -2.27. The first kappa shape index (κ1) is 30.9. The van der Waals surface area contributed by atoms with E-state index >= 15 is 0 Å².